The fourth-order valence-electron chi connectivity index (χ4n) is 3.72. The lowest BCUT2D eigenvalue weighted by Crippen LogP contribution is -2.55. The molecule has 0 spiro atoms. The van der Waals surface area contributed by atoms with Crippen LogP contribution in [-0.2, 0) is 9.53 Å². The molecule has 0 bridgehead atoms. The van der Waals surface area contributed by atoms with Gasteiger partial charge in [0.05, 0.1) is 7.11 Å². The summed E-state index contributed by atoms with van der Waals surface area (Å²) in [5, 5.41) is 0. The molecule has 0 aromatic heterocycles. The maximum Gasteiger partial charge on any atom is 0.328 e. The van der Waals surface area contributed by atoms with Crippen LogP contribution in [0.25, 0.3) is 0 Å². The third kappa shape index (κ3) is 2.66. The topological polar surface area (TPSA) is 29.5 Å². The van der Waals surface area contributed by atoms with Crippen molar-refractivity contribution in [3.05, 3.63) is 28.8 Å². The Balaban J connectivity index is 2.61. The van der Waals surface area contributed by atoms with Crippen molar-refractivity contribution in [2.75, 3.05) is 12.0 Å². The minimum atomic E-state index is -0.279. The first-order valence-corrected chi connectivity index (χ1v) is 7.67. The third-order valence-electron chi connectivity index (χ3n) is 4.82. The van der Waals surface area contributed by atoms with Crippen LogP contribution in [0.5, 0.6) is 0 Å². The van der Waals surface area contributed by atoms with Crippen molar-refractivity contribution in [2.45, 2.75) is 65.5 Å². The molecule has 21 heavy (non-hydrogen) atoms. The van der Waals surface area contributed by atoms with Crippen molar-refractivity contribution in [1.82, 2.24) is 0 Å². The first kappa shape index (κ1) is 15.9. The van der Waals surface area contributed by atoms with E-state index < -0.39 is 0 Å². The summed E-state index contributed by atoms with van der Waals surface area (Å²) in [6.07, 6.45) is 1.03. The number of aryl methyl sites for hydroxylation is 2. The average Bonchev–Trinajstić information content (AvgIpc) is 2.39. The first-order chi connectivity index (χ1) is 9.69. The Morgan fingerprint density at radius 3 is 2.48 bits per heavy atom. The zero-order valence-electron chi connectivity index (χ0n) is 14.3. The molecule has 0 fully saturated rings. The summed E-state index contributed by atoms with van der Waals surface area (Å²) in [6, 6.07) is 4.22. The summed E-state index contributed by atoms with van der Waals surface area (Å²) in [5.41, 5.74) is 5.03. The van der Waals surface area contributed by atoms with Crippen LogP contribution in [0.4, 0.5) is 5.69 Å². The maximum atomic E-state index is 12.1. The summed E-state index contributed by atoms with van der Waals surface area (Å²) in [7, 11) is 1.46. The number of benzene rings is 1. The molecule has 2 rings (SSSR count). The number of esters is 1. The molecule has 0 saturated heterocycles. The number of hydrogen-bond donors (Lipinski definition) is 0. The number of anilines is 1. The minimum Gasteiger partial charge on any atom is -0.467 e. The number of carbonyl (C=O) groups is 1. The molecule has 0 saturated carbocycles. The van der Waals surface area contributed by atoms with Crippen molar-refractivity contribution in [1.29, 1.82) is 0 Å². The second kappa shape index (κ2) is 5.36. The van der Waals surface area contributed by atoms with Gasteiger partial charge in [0.1, 0.15) is 6.04 Å². The lowest BCUT2D eigenvalue weighted by Gasteiger charge is -2.49. The van der Waals surface area contributed by atoms with Crippen molar-refractivity contribution in [2.24, 2.45) is 0 Å². The second-order valence-electron chi connectivity index (χ2n) is 6.98. The SMILES string of the molecule is COC(=O)[C@H](C)N1c2cc(C)c(C)cc2[C@H](C)CC1(C)C. The second-order valence-corrected chi connectivity index (χ2v) is 6.98. The van der Waals surface area contributed by atoms with Gasteiger partial charge in [-0.2, -0.15) is 0 Å². The summed E-state index contributed by atoms with van der Waals surface area (Å²) in [6.45, 7) is 12.9. The molecule has 3 nitrogen and oxygen atoms in total. The van der Waals surface area contributed by atoms with Crippen molar-refractivity contribution in [3.8, 4) is 0 Å². The van der Waals surface area contributed by atoms with Crippen molar-refractivity contribution in [3.63, 3.8) is 0 Å². The third-order valence-corrected chi connectivity index (χ3v) is 4.82. The van der Waals surface area contributed by atoms with E-state index in [1.165, 1.54) is 29.5 Å². The van der Waals surface area contributed by atoms with E-state index in [1.807, 2.05) is 6.92 Å². The molecule has 1 heterocycles. The quantitative estimate of drug-likeness (QED) is 0.772. The normalized spacial score (nSPS) is 21.7. The molecule has 0 amide bonds. The Kier molecular flexibility index (Phi) is 4.05. The van der Waals surface area contributed by atoms with Gasteiger partial charge in [-0.3, -0.25) is 0 Å². The van der Waals surface area contributed by atoms with Gasteiger partial charge in [0.2, 0.25) is 0 Å². The van der Waals surface area contributed by atoms with Gasteiger partial charge in [-0.25, -0.2) is 4.79 Å². The first-order valence-electron chi connectivity index (χ1n) is 7.67. The molecule has 0 radical (unpaired) electrons. The van der Waals surface area contributed by atoms with Crippen LogP contribution >= 0.6 is 0 Å². The maximum absolute atomic E-state index is 12.1. The number of fused-ring (bicyclic) bond motifs is 1. The Morgan fingerprint density at radius 2 is 1.90 bits per heavy atom. The number of carbonyl (C=O) groups excluding carboxylic acids is 1. The highest BCUT2D eigenvalue weighted by molar-refractivity contribution is 5.81. The molecular weight excluding hydrogens is 262 g/mol. The van der Waals surface area contributed by atoms with E-state index >= 15 is 0 Å². The zero-order valence-corrected chi connectivity index (χ0v) is 14.3. The Labute approximate surface area is 128 Å². The number of ether oxygens (including phenoxy) is 1. The summed E-state index contributed by atoms with van der Waals surface area (Å²) in [5.74, 6) is 0.317. The molecular formula is C18H27NO2. The van der Waals surface area contributed by atoms with E-state index in [9.17, 15) is 4.79 Å². The van der Waals surface area contributed by atoms with Gasteiger partial charge >= 0.3 is 5.97 Å². The van der Waals surface area contributed by atoms with Crippen LogP contribution in [0, 0.1) is 13.8 Å². The van der Waals surface area contributed by atoms with Crippen LogP contribution in [0.3, 0.4) is 0 Å². The lowest BCUT2D eigenvalue weighted by atomic mass is 9.78. The number of nitrogens with zero attached hydrogens (tertiary/aromatic N) is 1. The summed E-state index contributed by atoms with van der Waals surface area (Å²) >= 11 is 0. The van der Waals surface area contributed by atoms with Crippen LogP contribution in [0.2, 0.25) is 0 Å². The van der Waals surface area contributed by atoms with E-state index in [-0.39, 0.29) is 17.6 Å². The molecule has 1 aliphatic heterocycles. The average molecular weight is 289 g/mol. The monoisotopic (exact) mass is 289 g/mol. The number of hydrogen-bond acceptors (Lipinski definition) is 3. The minimum absolute atomic E-state index is 0.0677. The molecule has 1 aromatic rings. The summed E-state index contributed by atoms with van der Waals surface area (Å²) in [4.78, 5) is 14.3. The predicted molar refractivity (Wildman–Crippen MR) is 87.0 cm³/mol. The van der Waals surface area contributed by atoms with E-state index in [4.69, 9.17) is 4.74 Å². The van der Waals surface area contributed by atoms with Crippen LogP contribution < -0.4 is 4.90 Å². The molecule has 0 aliphatic carbocycles. The van der Waals surface area contributed by atoms with E-state index in [0.29, 0.717) is 5.92 Å². The van der Waals surface area contributed by atoms with Crippen molar-refractivity contribution >= 4 is 11.7 Å². The highest BCUT2D eigenvalue weighted by atomic mass is 16.5. The molecule has 1 aromatic carbocycles. The Bertz CT molecular complexity index is 563. The number of rotatable bonds is 2. The van der Waals surface area contributed by atoms with E-state index in [2.05, 4.69) is 51.7 Å². The van der Waals surface area contributed by atoms with Gasteiger partial charge in [-0.05, 0) is 69.7 Å². The van der Waals surface area contributed by atoms with E-state index in [0.717, 1.165) is 6.42 Å². The predicted octanol–water partition coefficient (Wildman–Crippen LogP) is 3.96. The highest BCUT2D eigenvalue weighted by Gasteiger charge is 2.41. The standard InChI is InChI=1S/C18H27NO2/c1-11-8-15-13(3)10-18(5,6)19(14(4)17(20)21-7)16(15)9-12(11)2/h8-9,13-14H,10H2,1-7H3/t13-,14+/m1/s1. The Morgan fingerprint density at radius 1 is 1.33 bits per heavy atom. The van der Waals surface area contributed by atoms with Crippen LogP contribution in [-0.4, -0.2) is 24.7 Å². The molecule has 1 aliphatic rings. The smallest absolute Gasteiger partial charge is 0.328 e. The molecule has 2 atom stereocenters. The van der Waals surface area contributed by atoms with Gasteiger partial charge in [0.15, 0.2) is 0 Å². The van der Waals surface area contributed by atoms with Gasteiger partial charge in [-0.1, -0.05) is 13.0 Å². The Hall–Kier alpha value is -1.51. The van der Waals surface area contributed by atoms with Crippen molar-refractivity contribution < 1.29 is 9.53 Å². The molecule has 3 heteroatoms. The highest BCUT2D eigenvalue weighted by Crippen LogP contribution is 2.45. The van der Waals surface area contributed by atoms with Crippen LogP contribution in [0.15, 0.2) is 12.1 Å². The fourth-order valence-corrected chi connectivity index (χ4v) is 3.72. The van der Waals surface area contributed by atoms with Gasteiger partial charge in [0.25, 0.3) is 0 Å². The molecule has 116 valence electrons. The van der Waals surface area contributed by atoms with Crippen LogP contribution in [0.1, 0.15) is 56.7 Å². The molecule has 0 N–H and O–H groups in total. The summed E-state index contributed by atoms with van der Waals surface area (Å²) < 4.78 is 4.97. The lowest BCUT2D eigenvalue weighted by molar-refractivity contribution is -0.142. The van der Waals surface area contributed by atoms with E-state index in [1.54, 1.807) is 0 Å². The van der Waals surface area contributed by atoms with Gasteiger partial charge in [0, 0.05) is 11.2 Å². The largest absolute Gasteiger partial charge is 0.467 e. The van der Waals surface area contributed by atoms with Gasteiger partial charge < -0.3 is 9.64 Å². The fraction of sp³-hybridized carbons (Fsp3) is 0.611. The molecule has 0 unspecified atom stereocenters. The zero-order chi connectivity index (χ0) is 15.9. The number of methoxy groups -OCH3 is 1. The van der Waals surface area contributed by atoms with Gasteiger partial charge in [-0.15, -0.1) is 0 Å².